The highest BCUT2D eigenvalue weighted by molar-refractivity contribution is 5.99. The van der Waals surface area contributed by atoms with Crippen LogP contribution in [0.4, 0.5) is 5.69 Å². The molecule has 1 N–H and O–H groups in total. The molecule has 0 aliphatic heterocycles. The van der Waals surface area contributed by atoms with Gasteiger partial charge in [-0.2, -0.15) is 0 Å². The van der Waals surface area contributed by atoms with Gasteiger partial charge in [-0.25, -0.2) is 0 Å². The summed E-state index contributed by atoms with van der Waals surface area (Å²) in [5, 5.41) is 3.12. The highest BCUT2D eigenvalue weighted by Crippen LogP contribution is 2.42. The summed E-state index contributed by atoms with van der Waals surface area (Å²) in [6.45, 7) is 1.98. The minimum absolute atomic E-state index is 0.0692. The van der Waals surface area contributed by atoms with E-state index < -0.39 is 5.41 Å². The molecule has 4 heteroatoms. The Labute approximate surface area is 149 Å². The molecule has 1 amide bonds. The van der Waals surface area contributed by atoms with Crippen LogP contribution < -0.4 is 14.8 Å². The number of carbonyl (C=O) groups excluding carboxylic acids is 1. The minimum Gasteiger partial charge on any atom is -0.497 e. The summed E-state index contributed by atoms with van der Waals surface area (Å²) in [6.07, 6.45) is 3.89. The van der Waals surface area contributed by atoms with Crippen LogP contribution in [-0.4, -0.2) is 20.1 Å². The third kappa shape index (κ3) is 3.34. The van der Waals surface area contributed by atoms with Gasteiger partial charge in [0.05, 0.1) is 19.6 Å². The molecule has 2 aromatic carbocycles. The maximum Gasteiger partial charge on any atom is 0.235 e. The SMILES string of the molecule is COc1ccc(C2(C(=O)Nc3ccc(OC)c(C)c3)CCCC2)cc1. The molecule has 1 fully saturated rings. The summed E-state index contributed by atoms with van der Waals surface area (Å²) < 4.78 is 10.5. The van der Waals surface area contributed by atoms with Crippen LogP contribution in [-0.2, 0) is 10.2 Å². The Bertz CT molecular complexity index is 746. The van der Waals surface area contributed by atoms with Gasteiger partial charge in [0.1, 0.15) is 11.5 Å². The van der Waals surface area contributed by atoms with Gasteiger partial charge in [0.25, 0.3) is 0 Å². The molecule has 0 bridgehead atoms. The molecule has 0 atom stereocenters. The molecule has 4 nitrogen and oxygen atoms in total. The lowest BCUT2D eigenvalue weighted by Crippen LogP contribution is -2.38. The molecule has 0 spiro atoms. The van der Waals surface area contributed by atoms with E-state index in [1.54, 1.807) is 14.2 Å². The van der Waals surface area contributed by atoms with Crippen LogP contribution >= 0.6 is 0 Å². The average molecular weight is 339 g/mol. The first-order valence-electron chi connectivity index (χ1n) is 8.70. The van der Waals surface area contributed by atoms with Gasteiger partial charge in [-0.05, 0) is 61.2 Å². The Morgan fingerprint density at radius 1 is 1.00 bits per heavy atom. The molecule has 2 aromatic rings. The lowest BCUT2D eigenvalue weighted by atomic mass is 9.78. The quantitative estimate of drug-likeness (QED) is 0.875. The highest BCUT2D eigenvalue weighted by atomic mass is 16.5. The molecule has 1 aliphatic carbocycles. The predicted molar refractivity (Wildman–Crippen MR) is 99.5 cm³/mol. The maximum absolute atomic E-state index is 13.2. The highest BCUT2D eigenvalue weighted by Gasteiger charge is 2.42. The van der Waals surface area contributed by atoms with Crippen molar-refractivity contribution in [1.82, 2.24) is 0 Å². The number of methoxy groups -OCH3 is 2. The van der Waals surface area contributed by atoms with Gasteiger partial charge >= 0.3 is 0 Å². The molecule has 25 heavy (non-hydrogen) atoms. The van der Waals surface area contributed by atoms with Gasteiger partial charge in [0.15, 0.2) is 0 Å². The van der Waals surface area contributed by atoms with Crippen molar-refractivity contribution >= 4 is 11.6 Å². The van der Waals surface area contributed by atoms with Crippen LogP contribution in [0.25, 0.3) is 0 Å². The second kappa shape index (κ2) is 7.18. The summed E-state index contributed by atoms with van der Waals surface area (Å²) in [4.78, 5) is 13.2. The van der Waals surface area contributed by atoms with Crippen LogP contribution in [0.2, 0.25) is 0 Å². The largest absolute Gasteiger partial charge is 0.497 e. The van der Waals surface area contributed by atoms with Gasteiger partial charge in [-0.1, -0.05) is 25.0 Å². The number of amides is 1. The summed E-state index contributed by atoms with van der Waals surface area (Å²) in [7, 11) is 3.30. The fourth-order valence-corrected chi connectivity index (χ4v) is 3.74. The zero-order chi connectivity index (χ0) is 17.9. The van der Waals surface area contributed by atoms with Crippen LogP contribution in [0.1, 0.15) is 36.8 Å². The summed E-state index contributed by atoms with van der Waals surface area (Å²) in [5.74, 6) is 1.70. The number of nitrogens with one attached hydrogen (secondary N) is 1. The second-order valence-corrected chi connectivity index (χ2v) is 6.66. The van der Waals surface area contributed by atoms with E-state index >= 15 is 0 Å². The first-order chi connectivity index (χ1) is 12.1. The van der Waals surface area contributed by atoms with Gasteiger partial charge in [0.2, 0.25) is 5.91 Å². The van der Waals surface area contributed by atoms with Crippen molar-refractivity contribution < 1.29 is 14.3 Å². The first-order valence-corrected chi connectivity index (χ1v) is 8.70. The van der Waals surface area contributed by atoms with Crippen LogP contribution in [0.3, 0.4) is 0 Å². The van der Waals surface area contributed by atoms with Gasteiger partial charge in [0, 0.05) is 5.69 Å². The fourth-order valence-electron chi connectivity index (χ4n) is 3.74. The molecule has 0 radical (unpaired) electrons. The van der Waals surface area contributed by atoms with E-state index in [-0.39, 0.29) is 5.91 Å². The van der Waals surface area contributed by atoms with E-state index in [0.717, 1.165) is 54.0 Å². The monoisotopic (exact) mass is 339 g/mol. The Balaban J connectivity index is 1.87. The minimum atomic E-state index is -0.458. The second-order valence-electron chi connectivity index (χ2n) is 6.66. The molecule has 0 saturated heterocycles. The lowest BCUT2D eigenvalue weighted by Gasteiger charge is -2.28. The van der Waals surface area contributed by atoms with Gasteiger partial charge in [-0.15, -0.1) is 0 Å². The van der Waals surface area contributed by atoms with E-state index in [4.69, 9.17) is 9.47 Å². The first kappa shape index (κ1) is 17.3. The molecule has 3 rings (SSSR count). The number of hydrogen-bond acceptors (Lipinski definition) is 3. The van der Waals surface area contributed by atoms with E-state index in [0.29, 0.717) is 0 Å². The van der Waals surface area contributed by atoms with Crippen molar-refractivity contribution in [2.24, 2.45) is 0 Å². The number of hydrogen-bond donors (Lipinski definition) is 1. The fraction of sp³-hybridized carbons (Fsp3) is 0.381. The Kier molecular flexibility index (Phi) is 4.98. The molecular weight excluding hydrogens is 314 g/mol. The van der Waals surface area contributed by atoms with Crippen molar-refractivity contribution in [2.75, 3.05) is 19.5 Å². The lowest BCUT2D eigenvalue weighted by molar-refractivity contribution is -0.121. The Morgan fingerprint density at radius 2 is 1.68 bits per heavy atom. The van der Waals surface area contributed by atoms with Crippen molar-refractivity contribution in [3.63, 3.8) is 0 Å². The Hall–Kier alpha value is -2.49. The van der Waals surface area contributed by atoms with E-state index in [9.17, 15) is 4.79 Å². The maximum atomic E-state index is 13.2. The molecule has 0 unspecified atom stereocenters. The third-order valence-corrected chi connectivity index (χ3v) is 5.19. The van der Waals surface area contributed by atoms with Crippen molar-refractivity contribution in [2.45, 2.75) is 38.0 Å². The smallest absolute Gasteiger partial charge is 0.235 e. The van der Waals surface area contributed by atoms with E-state index in [1.807, 2.05) is 49.4 Å². The Morgan fingerprint density at radius 3 is 2.24 bits per heavy atom. The van der Waals surface area contributed by atoms with Crippen molar-refractivity contribution in [3.8, 4) is 11.5 Å². The van der Waals surface area contributed by atoms with E-state index in [2.05, 4.69) is 5.32 Å². The van der Waals surface area contributed by atoms with Crippen LogP contribution in [0, 0.1) is 6.92 Å². The van der Waals surface area contributed by atoms with Crippen LogP contribution in [0.15, 0.2) is 42.5 Å². The molecule has 1 aliphatic rings. The number of anilines is 1. The van der Waals surface area contributed by atoms with E-state index in [1.165, 1.54) is 0 Å². The van der Waals surface area contributed by atoms with Crippen molar-refractivity contribution in [3.05, 3.63) is 53.6 Å². The zero-order valence-corrected chi connectivity index (χ0v) is 15.1. The standard InChI is InChI=1S/C21H25NO3/c1-15-14-17(8-11-19(15)25-3)22-20(23)21(12-4-5-13-21)16-6-9-18(24-2)10-7-16/h6-11,14H,4-5,12-13H2,1-3H3,(H,22,23). The van der Waals surface area contributed by atoms with Gasteiger partial charge in [-0.3, -0.25) is 4.79 Å². The normalized spacial score (nSPS) is 15.6. The summed E-state index contributed by atoms with van der Waals surface area (Å²) >= 11 is 0. The third-order valence-electron chi connectivity index (χ3n) is 5.19. The number of ether oxygens (including phenoxy) is 2. The summed E-state index contributed by atoms with van der Waals surface area (Å²) in [6, 6.07) is 13.6. The number of benzene rings is 2. The summed E-state index contributed by atoms with van der Waals surface area (Å²) in [5.41, 5.74) is 2.42. The topological polar surface area (TPSA) is 47.6 Å². The average Bonchev–Trinajstić information content (AvgIpc) is 3.13. The molecular formula is C21H25NO3. The molecule has 0 heterocycles. The zero-order valence-electron chi connectivity index (χ0n) is 15.1. The number of aryl methyl sites for hydroxylation is 1. The molecule has 0 aromatic heterocycles. The predicted octanol–water partition coefficient (Wildman–Crippen LogP) is 4.46. The number of carbonyl (C=O) groups is 1. The van der Waals surface area contributed by atoms with Gasteiger partial charge < -0.3 is 14.8 Å². The molecule has 132 valence electrons. The van der Waals surface area contributed by atoms with Crippen LogP contribution in [0.5, 0.6) is 11.5 Å². The van der Waals surface area contributed by atoms with Crippen molar-refractivity contribution in [1.29, 1.82) is 0 Å². The molecule has 1 saturated carbocycles. The number of rotatable bonds is 5.